The van der Waals surface area contributed by atoms with E-state index in [0.717, 1.165) is 0 Å². The molecule has 1 amide bonds. The van der Waals surface area contributed by atoms with Crippen molar-refractivity contribution in [1.82, 2.24) is 9.21 Å². The number of amides is 1. The Morgan fingerprint density at radius 3 is 2.48 bits per heavy atom. The molecule has 1 N–H and O–H groups in total. The summed E-state index contributed by atoms with van der Waals surface area (Å²) in [5, 5.41) is 8.90. The van der Waals surface area contributed by atoms with Gasteiger partial charge in [0.25, 0.3) is 0 Å². The zero-order valence-corrected chi connectivity index (χ0v) is 13.6. The van der Waals surface area contributed by atoms with Crippen LogP contribution in [-0.4, -0.2) is 66.0 Å². The molecule has 0 spiro atoms. The average Bonchev–Trinajstić information content (AvgIpc) is 2.43. The molecule has 21 heavy (non-hydrogen) atoms. The maximum atomic E-state index is 12.5. The van der Waals surface area contributed by atoms with Gasteiger partial charge < -0.3 is 10.0 Å². The molecule has 1 heterocycles. The molecule has 0 aromatic rings. The van der Waals surface area contributed by atoms with E-state index in [-0.39, 0.29) is 30.8 Å². The van der Waals surface area contributed by atoms with Gasteiger partial charge in [-0.3, -0.25) is 9.59 Å². The first kappa shape index (κ1) is 17.9. The van der Waals surface area contributed by atoms with E-state index in [1.54, 1.807) is 20.8 Å². The Labute approximate surface area is 126 Å². The van der Waals surface area contributed by atoms with Gasteiger partial charge in [0.05, 0.1) is 11.7 Å². The van der Waals surface area contributed by atoms with Gasteiger partial charge in [-0.1, -0.05) is 0 Å². The SMILES string of the molecule is CCS(=O)(=O)N1CCCC(C(=O)N(CC(=O)O)C(C)C)C1. The molecule has 0 saturated carbocycles. The lowest BCUT2D eigenvalue weighted by molar-refractivity contribution is -0.148. The Hall–Kier alpha value is -1.15. The monoisotopic (exact) mass is 320 g/mol. The van der Waals surface area contributed by atoms with Gasteiger partial charge in [0.2, 0.25) is 15.9 Å². The lowest BCUT2D eigenvalue weighted by Crippen LogP contribution is -2.50. The molecule has 8 heteroatoms. The molecule has 0 radical (unpaired) electrons. The van der Waals surface area contributed by atoms with Gasteiger partial charge in [-0.05, 0) is 33.6 Å². The molecule has 1 atom stereocenters. The second kappa shape index (κ2) is 7.22. The zero-order chi connectivity index (χ0) is 16.2. The molecule has 0 aromatic heterocycles. The van der Waals surface area contributed by atoms with Crippen LogP contribution in [0.1, 0.15) is 33.6 Å². The fourth-order valence-corrected chi connectivity index (χ4v) is 3.65. The molecule has 1 fully saturated rings. The third-order valence-electron chi connectivity index (χ3n) is 3.70. The highest BCUT2D eigenvalue weighted by molar-refractivity contribution is 7.89. The number of carboxylic acid groups (broad SMARTS) is 1. The van der Waals surface area contributed by atoms with Crippen molar-refractivity contribution < 1.29 is 23.1 Å². The van der Waals surface area contributed by atoms with Gasteiger partial charge in [-0.25, -0.2) is 12.7 Å². The number of sulfonamides is 1. The number of carbonyl (C=O) groups is 2. The lowest BCUT2D eigenvalue weighted by atomic mass is 9.97. The lowest BCUT2D eigenvalue weighted by Gasteiger charge is -2.35. The quantitative estimate of drug-likeness (QED) is 0.763. The van der Waals surface area contributed by atoms with E-state index in [1.165, 1.54) is 9.21 Å². The number of carboxylic acids is 1. The summed E-state index contributed by atoms with van der Waals surface area (Å²) in [5.74, 6) is -1.78. The molecule has 1 unspecified atom stereocenters. The minimum Gasteiger partial charge on any atom is -0.480 e. The van der Waals surface area contributed by atoms with Crippen molar-refractivity contribution in [3.63, 3.8) is 0 Å². The van der Waals surface area contributed by atoms with Crippen LogP contribution in [0, 0.1) is 5.92 Å². The van der Waals surface area contributed by atoms with Crippen LogP contribution >= 0.6 is 0 Å². The highest BCUT2D eigenvalue weighted by Crippen LogP contribution is 2.22. The van der Waals surface area contributed by atoms with Gasteiger partial charge in [0, 0.05) is 19.1 Å². The van der Waals surface area contributed by atoms with E-state index in [1.807, 2.05) is 0 Å². The second-order valence-corrected chi connectivity index (χ2v) is 7.81. The largest absolute Gasteiger partial charge is 0.480 e. The van der Waals surface area contributed by atoms with Crippen molar-refractivity contribution in [2.24, 2.45) is 5.92 Å². The molecule has 122 valence electrons. The summed E-state index contributed by atoms with van der Waals surface area (Å²) < 4.78 is 25.2. The molecular formula is C13H24N2O5S. The molecule has 1 rings (SSSR count). The number of hydrogen-bond donors (Lipinski definition) is 1. The Morgan fingerprint density at radius 2 is 2.00 bits per heavy atom. The van der Waals surface area contributed by atoms with Gasteiger partial charge in [-0.2, -0.15) is 0 Å². The van der Waals surface area contributed by atoms with E-state index in [4.69, 9.17) is 5.11 Å². The summed E-state index contributed by atoms with van der Waals surface area (Å²) in [6, 6.07) is -0.230. The van der Waals surface area contributed by atoms with E-state index in [2.05, 4.69) is 0 Å². The van der Waals surface area contributed by atoms with Crippen molar-refractivity contribution in [2.75, 3.05) is 25.4 Å². The summed E-state index contributed by atoms with van der Waals surface area (Å²) in [6.45, 7) is 5.31. The minimum absolute atomic E-state index is 0.0108. The summed E-state index contributed by atoms with van der Waals surface area (Å²) in [6.07, 6.45) is 1.21. The third-order valence-corrected chi connectivity index (χ3v) is 5.55. The van der Waals surface area contributed by atoms with Gasteiger partial charge in [0.1, 0.15) is 6.54 Å². The summed E-state index contributed by atoms with van der Waals surface area (Å²) >= 11 is 0. The van der Waals surface area contributed by atoms with Crippen molar-refractivity contribution in [3.8, 4) is 0 Å². The molecule has 1 aliphatic rings. The van der Waals surface area contributed by atoms with Crippen LogP contribution in [0.2, 0.25) is 0 Å². The molecule has 0 aliphatic carbocycles. The van der Waals surface area contributed by atoms with Crippen LogP contribution in [0.4, 0.5) is 0 Å². The van der Waals surface area contributed by atoms with Crippen LogP contribution < -0.4 is 0 Å². The Balaban J connectivity index is 2.83. The Kier molecular flexibility index (Phi) is 6.15. The fourth-order valence-electron chi connectivity index (χ4n) is 2.47. The first-order valence-corrected chi connectivity index (χ1v) is 8.80. The predicted molar refractivity (Wildman–Crippen MR) is 78.2 cm³/mol. The highest BCUT2D eigenvalue weighted by atomic mass is 32.2. The number of rotatable bonds is 6. The molecule has 7 nitrogen and oxygen atoms in total. The van der Waals surface area contributed by atoms with Crippen LogP contribution in [0.5, 0.6) is 0 Å². The topological polar surface area (TPSA) is 95.0 Å². The normalized spacial score (nSPS) is 20.5. The number of hydrogen-bond acceptors (Lipinski definition) is 4. The van der Waals surface area contributed by atoms with Gasteiger partial charge in [0.15, 0.2) is 0 Å². The number of carbonyl (C=O) groups excluding carboxylic acids is 1. The first-order chi connectivity index (χ1) is 9.69. The third kappa shape index (κ3) is 4.67. The number of piperidine rings is 1. The van der Waals surface area contributed by atoms with Gasteiger partial charge >= 0.3 is 5.97 Å². The van der Waals surface area contributed by atoms with Crippen LogP contribution in [-0.2, 0) is 19.6 Å². The van der Waals surface area contributed by atoms with Crippen molar-refractivity contribution in [1.29, 1.82) is 0 Å². The van der Waals surface area contributed by atoms with Crippen LogP contribution in [0.25, 0.3) is 0 Å². The van der Waals surface area contributed by atoms with E-state index in [9.17, 15) is 18.0 Å². The molecule has 0 aromatic carbocycles. The van der Waals surface area contributed by atoms with E-state index >= 15 is 0 Å². The van der Waals surface area contributed by atoms with Crippen molar-refractivity contribution in [3.05, 3.63) is 0 Å². The number of aliphatic carboxylic acids is 1. The molecule has 1 aliphatic heterocycles. The smallest absolute Gasteiger partial charge is 0.323 e. The summed E-state index contributed by atoms with van der Waals surface area (Å²) in [7, 11) is -3.31. The Morgan fingerprint density at radius 1 is 1.38 bits per heavy atom. The van der Waals surface area contributed by atoms with Crippen LogP contribution in [0.3, 0.4) is 0 Å². The Bertz CT molecular complexity index is 489. The molecular weight excluding hydrogens is 296 g/mol. The summed E-state index contributed by atoms with van der Waals surface area (Å²) in [4.78, 5) is 24.6. The summed E-state index contributed by atoms with van der Waals surface area (Å²) in [5.41, 5.74) is 0. The highest BCUT2D eigenvalue weighted by Gasteiger charge is 2.34. The molecule has 0 bridgehead atoms. The fraction of sp³-hybridized carbons (Fsp3) is 0.846. The standard InChI is InChI=1S/C13H24N2O5S/c1-4-21(19,20)14-7-5-6-11(8-14)13(18)15(10(2)3)9-12(16)17/h10-11H,4-9H2,1-3H3,(H,16,17). The number of nitrogens with zero attached hydrogens (tertiary/aromatic N) is 2. The zero-order valence-electron chi connectivity index (χ0n) is 12.8. The van der Waals surface area contributed by atoms with Crippen LogP contribution in [0.15, 0.2) is 0 Å². The van der Waals surface area contributed by atoms with E-state index < -0.39 is 21.9 Å². The predicted octanol–water partition coefficient (Wildman–Crippen LogP) is 0.370. The second-order valence-electron chi connectivity index (χ2n) is 5.55. The maximum absolute atomic E-state index is 12.5. The minimum atomic E-state index is -3.31. The maximum Gasteiger partial charge on any atom is 0.323 e. The van der Waals surface area contributed by atoms with Gasteiger partial charge in [-0.15, -0.1) is 0 Å². The average molecular weight is 320 g/mol. The first-order valence-electron chi connectivity index (χ1n) is 7.19. The molecule has 1 saturated heterocycles. The van der Waals surface area contributed by atoms with E-state index in [0.29, 0.717) is 19.4 Å². The van der Waals surface area contributed by atoms with Crippen molar-refractivity contribution in [2.45, 2.75) is 39.7 Å². The van der Waals surface area contributed by atoms with Crippen molar-refractivity contribution >= 4 is 21.9 Å².